The maximum Gasteiger partial charge on any atom is 0.343 e. The fraction of sp³-hybridized carbons (Fsp3) is 0.548. The number of benzene rings is 2. The number of rotatable bonds is 14. The van der Waals surface area contributed by atoms with Gasteiger partial charge in [-0.1, -0.05) is 102 Å². The summed E-state index contributed by atoms with van der Waals surface area (Å²) in [6.45, 7) is 4.54. The lowest BCUT2D eigenvalue weighted by atomic mass is 9.77. The van der Waals surface area contributed by atoms with Gasteiger partial charge in [-0.25, -0.2) is 9.59 Å². The first kappa shape index (κ1) is 34.2. The molecule has 2 fully saturated rings. The van der Waals surface area contributed by atoms with Crippen LogP contribution < -0.4 is 0 Å². The van der Waals surface area contributed by atoms with Crippen molar-refractivity contribution in [2.45, 2.75) is 135 Å². The molecule has 3 aliphatic rings. The molecular weight excluding hydrogens is 568 g/mol. The van der Waals surface area contributed by atoms with Crippen molar-refractivity contribution in [3.8, 4) is 0 Å². The number of ether oxygens (including phenoxy) is 2. The Labute approximate surface area is 278 Å². The van der Waals surface area contributed by atoms with E-state index in [0.29, 0.717) is 41.2 Å². The van der Waals surface area contributed by atoms with Crippen LogP contribution in [0.5, 0.6) is 0 Å². The summed E-state index contributed by atoms with van der Waals surface area (Å²) in [6.07, 6.45) is 27.1. The Kier molecular flexibility index (Phi) is 13.2. The van der Waals surface area contributed by atoms with Gasteiger partial charge < -0.3 is 9.47 Å². The maximum atomic E-state index is 13.1. The van der Waals surface area contributed by atoms with Crippen LogP contribution in [-0.4, -0.2) is 11.9 Å². The zero-order chi connectivity index (χ0) is 32.1. The van der Waals surface area contributed by atoms with E-state index < -0.39 is 11.9 Å². The predicted octanol–water partition coefficient (Wildman–Crippen LogP) is 11.8. The molecular formula is C42H55O4. The summed E-state index contributed by atoms with van der Waals surface area (Å²) in [5.41, 5.74) is 3.64. The number of hydrogen-bond donors (Lipinski definition) is 0. The van der Waals surface area contributed by atoms with Gasteiger partial charge in [0.05, 0.1) is 11.1 Å². The minimum Gasteiger partial charge on any atom is -0.442 e. The minimum atomic E-state index is -0.439. The van der Waals surface area contributed by atoms with E-state index in [-0.39, 0.29) is 0 Å². The first-order valence-electron chi connectivity index (χ1n) is 18.4. The second-order valence-electron chi connectivity index (χ2n) is 14.0. The van der Waals surface area contributed by atoms with E-state index in [4.69, 9.17) is 9.47 Å². The van der Waals surface area contributed by atoms with Crippen LogP contribution in [-0.2, 0) is 9.47 Å². The van der Waals surface area contributed by atoms with Crippen molar-refractivity contribution in [1.29, 1.82) is 0 Å². The molecule has 0 saturated heterocycles. The molecule has 2 saturated carbocycles. The van der Waals surface area contributed by atoms with Gasteiger partial charge in [0.1, 0.15) is 0 Å². The zero-order valence-corrected chi connectivity index (χ0v) is 28.3. The molecule has 46 heavy (non-hydrogen) atoms. The maximum absolute atomic E-state index is 13.1. The van der Waals surface area contributed by atoms with Crippen molar-refractivity contribution >= 4 is 11.9 Å². The first-order chi connectivity index (χ1) is 22.5. The Morgan fingerprint density at radius 1 is 0.609 bits per heavy atom. The smallest absolute Gasteiger partial charge is 0.343 e. The van der Waals surface area contributed by atoms with Gasteiger partial charge in [-0.05, 0) is 117 Å². The average Bonchev–Trinajstić information content (AvgIpc) is 3.10. The van der Waals surface area contributed by atoms with Crippen molar-refractivity contribution in [3.63, 3.8) is 0 Å². The van der Waals surface area contributed by atoms with Crippen LogP contribution in [0, 0.1) is 17.9 Å². The highest BCUT2D eigenvalue weighted by atomic mass is 16.6. The van der Waals surface area contributed by atoms with Crippen LogP contribution in [0.25, 0.3) is 0 Å². The first-order valence-corrected chi connectivity index (χ1v) is 18.4. The third-order valence-electron chi connectivity index (χ3n) is 10.7. The van der Waals surface area contributed by atoms with Gasteiger partial charge in [0.15, 0.2) is 5.76 Å². The fourth-order valence-electron chi connectivity index (χ4n) is 7.75. The average molecular weight is 624 g/mol. The van der Waals surface area contributed by atoms with Crippen LogP contribution in [0.2, 0.25) is 0 Å². The fourth-order valence-corrected chi connectivity index (χ4v) is 7.75. The van der Waals surface area contributed by atoms with Crippen molar-refractivity contribution in [3.05, 3.63) is 101 Å². The van der Waals surface area contributed by atoms with E-state index in [1.54, 1.807) is 6.08 Å². The summed E-state index contributed by atoms with van der Waals surface area (Å²) < 4.78 is 11.6. The highest BCUT2D eigenvalue weighted by molar-refractivity contribution is 5.91. The van der Waals surface area contributed by atoms with Gasteiger partial charge in [0.2, 0.25) is 6.10 Å². The minimum absolute atomic E-state index is 0.290. The molecule has 247 valence electrons. The summed E-state index contributed by atoms with van der Waals surface area (Å²) >= 11 is 0. The van der Waals surface area contributed by atoms with Crippen LogP contribution >= 0.6 is 0 Å². The van der Waals surface area contributed by atoms with Crippen LogP contribution in [0.1, 0.15) is 167 Å². The zero-order valence-electron chi connectivity index (χ0n) is 28.3. The van der Waals surface area contributed by atoms with Gasteiger partial charge in [0, 0.05) is 6.42 Å². The molecule has 3 aliphatic carbocycles. The van der Waals surface area contributed by atoms with E-state index in [2.05, 4.69) is 38.1 Å². The van der Waals surface area contributed by atoms with E-state index in [0.717, 1.165) is 11.8 Å². The normalized spacial score (nSPS) is 23.5. The summed E-state index contributed by atoms with van der Waals surface area (Å²) in [6, 6.07) is 15.8. The monoisotopic (exact) mass is 623 g/mol. The lowest BCUT2D eigenvalue weighted by Gasteiger charge is -2.29. The number of esters is 2. The summed E-state index contributed by atoms with van der Waals surface area (Å²) in [5.74, 6) is 2.32. The number of unbranched alkanes of at least 4 members (excludes halogenated alkanes) is 4. The molecule has 0 N–H and O–H groups in total. The molecule has 0 heterocycles. The molecule has 5 rings (SSSR count). The number of allylic oxidation sites excluding steroid dienone is 2. The quantitative estimate of drug-likeness (QED) is 0.155. The highest BCUT2D eigenvalue weighted by Crippen LogP contribution is 2.39. The van der Waals surface area contributed by atoms with Crippen molar-refractivity contribution in [2.24, 2.45) is 11.8 Å². The summed E-state index contributed by atoms with van der Waals surface area (Å²) in [7, 11) is 0. The van der Waals surface area contributed by atoms with Crippen molar-refractivity contribution in [1.82, 2.24) is 0 Å². The summed E-state index contributed by atoms with van der Waals surface area (Å²) in [4.78, 5) is 26.2. The number of hydrogen-bond acceptors (Lipinski definition) is 4. The molecule has 2 aromatic carbocycles. The largest absolute Gasteiger partial charge is 0.442 e. The molecule has 0 unspecified atom stereocenters. The molecule has 4 heteroatoms. The van der Waals surface area contributed by atoms with Crippen LogP contribution in [0.3, 0.4) is 0 Å². The molecule has 0 atom stereocenters. The lowest BCUT2D eigenvalue weighted by molar-refractivity contribution is 0.0414. The second-order valence-corrected chi connectivity index (χ2v) is 14.0. The molecule has 0 spiro atoms. The molecule has 1 radical (unpaired) electrons. The Balaban J connectivity index is 1.09. The van der Waals surface area contributed by atoms with E-state index in [1.165, 1.54) is 114 Å². The molecule has 0 aromatic heterocycles. The predicted molar refractivity (Wildman–Crippen MR) is 186 cm³/mol. The molecule has 0 amide bonds. The van der Waals surface area contributed by atoms with E-state index in [1.807, 2.05) is 36.4 Å². The van der Waals surface area contributed by atoms with Gasteiger partial charge in [-0.2, -0.15) is 0 Å². The van der Waals surface area contributed by atoms with Gasteiger partial charge in [0.25, 0.3) is 0 Å². The Morgan fingerprint density at radius 3 is 1.52 bits per heavy atom. The number of carbonyl (C=O) groups excluding carboxylic acids is 2. The SMILES string of the molecule is CCCCC[C@H]1CC[C@H](c2ccc(C(=O)O[C]3CC=CC=C3OC(=O)c3ccc([C@H]4CC[C@H](CCCCC)CC4)cc3)cc2)CC1. The molecule has 2 aromatic rings. The second kappa shape index (κ2) is 17.7. The number of carbonyl (C=O) groups is 2. The third-order valence-corrected chi connectivity index (χ3v) is 10.7. The van der Waals surface area contributed by atoms with Crippen LogP contribution in [0.4, 0.5) is 0 Å². The Hall–Kier alpha value is -3.14. The van der Waals surface area contributed by atoms with E-state index >= 15 is 0 Å². The van der Waals surface area contributed by atoms with Crippen LogP contribution in [0.15, 0.2) is 72.5 Å². The van der Waals surface area contributed by atoms with Gasteiger partial charge >= 0.3 is 11.9 Å². The Bertz CT molecular complexity index is 1290. The standard InChI is InChI=1S/C42H55O4/c1-3-5-7-11-31-15-19-33(20-16-31)35-23-27-37(28-24-35)41(43)45-39-13-9-10-14-40(39)46-42(44)38-29-25-36(26-30-38)34-21-17-32(18-22-34)12-8-6-4-2/h9-10,13,23-34H,3-8,11-12,14-22H2,1-2H3/t31-,32-,33-,34-. The van der Waals surface area contributed by atoms with E-state index in [9.17, 15) is 9.59 Å². The molecule has 0 aliphatic heterocycles. The molecule has 4 nitrogen and oxygen atoms in total. The molecule has 0 bridgehead atoms. The lowest BCUT2D eigenvalue weighted by Crippen LogP contribution is -2.18. The van der Waals surface area contributed by atoms with Gasteiger partial charge in [-0.3, -0.25) is 0 Å². The van der Waals surface area contributed by atoms with Crippen molar-refractivity contribution < 1.29 is 19.1 Å². The summed E-state index contributed by atoms with van der Waals surface area (Å²) in [5, 5.41) is 0. The topological polar surface area (TPSA) is 52.6 Å². The Morgan fingerprint density at radius 2 is 1.07 bits per heavy atom. The highest BCUT2D eigenvalue weighted by Gasteiger charge is 2.28. The van der Waals surface area contributed by atoms with Gasteiger partial charge in [-0.15, -0.1) is 0 Å². The third kappa shape index (κ3) is 9.69. The van der Waals surface area contributed by atoms with Crippen molar-refractivity contribution in [2.75, 3.05) is 0 Å².